The zero-order chi connectivity index (χ0) is 11.8. The van der Waals surface area contributed by atoms with Crippen LogP contribution in [-0.4, -0.2) is 17.8 Å². The van der Waals surface area contributed by atoms with Gasteiger partial charge in [0.1, 0.15) is 0 Å². The molecule has 0 spiro atoms. The summed E-state index contributed by atoms with van der Waals surface area (Å²) in [5.74, 6) is 0. The van der Waals surface area contributed by atoms with Crippen molar-refractivity contribution in [3.8, 4) is 0 Å². The molecule has 0 aliphatic rings. The van der Waals surface area contributed by atoms with E-state index in [0.717, 1.165) is 17.1 Å². The Labute approximate surface area is 106 Å². The van der Waals surface area contributed by atoms with Gasteiger partial charge in [-0.2, -0.15) is 9.36 Å². The van der Waals surface area contributed by atoms with Crippen molar-refractivity contribution < 1.29 is 8.42 Å². The van der Waals surface area contributed by atoms with Crippen molar-refractivity contribution in [2.24, 2.45) is 0 Å². The molecule has 2 aromatic rings. The molecule has 0 N–H and O–H groups in total. The number of aromatic nitrogens is 2. The minimum Gasteiger partial charge on any atom is -0.216 e. The van der Waals surface area contributed by atoms with Gasteiger partial charge in [0.05, 0.1) is 4.90 Å². The minimum absolute atomic E-state index is 0.00299. The van der Waals surface area contributed by atoms with Crippen LogP contribution in [0.15, 0.2) is 38.2 Å². The molecule has 0 saturated carbocycles. The van der Waals surface area contributed by atoms with E-state index < -0.39 is 9.84 Å². The maximum Gasteiger partial charge on any atom is 0.235 e. The van der Waals surface area contributed by atoms with Crippen molar-refractivity contribution in [1.82, 2.24) is 9.36 Å². The largest absolute Gasteiger partial charge is 0.235 e. The van der Waals surface area contributed by atoms with Crippen molar-refractivity contribution in [3.63, 3.8) is 0 Å². The van der Waals surface area contributed by atoms with Crippen LogP contribution >= 0.6 is 27.5 Å². The maximum atomic E-state index is 12.0. The minimum atomic E-state index is -3.52. The molecule has 0 amide bonds. The van der Waals surface area contributed by atoms with Crippen LogP contribution in [0.5, 0.6) is 0 Å². The molecule has 0 fully saturated rings. The average molecular weight is 319 g/mol. The third-order valence-electron chi connectivity index (χ3n) is 1.94. The van der Waals surface area contributed by atoms with Crippen LogP contribution in [0.25, 0.3) is 0 Å². The fourth-order valence-electron chi connectivity index (χ4n) is 1.12. The number of hydrogen-bond donors (Lipinski definition) is 0. The van der Waals surface area contributed by atoms with Crippen LogP contribution in [0.3, 0.4) is 0 Å². The predicted molar refractivity (Wildman–Crippen MR) is 64.2 cm³/mol. The van der Waals surface area contributed by atoms with Crippen LogP contribution in [0.4, 0.5) is 0 Å². The molecule has 0 radical (unpaired) electrons. The highest BCUT2D eigenvalue weighted by Crippen LogP contribution is 2.23. The Morgan fingerprint density at radius 3 is 2.38 bits per heavy atom. The number of aryl methyl sites for hydroxylation is 1. The molecule has 1 heterocycles. The molecule has 0 aliphatic heterocycles. The summed E-state index contributed by atoms with van der Waals surface area (Å²) in [7, 11) is -3.52. The van der Waals surface area contributed by atoms with Crippen LogP contribution in [0, 0.1) is 6.92 Å². The number of nitrogens with zero attached hydrogens (tertiary/aromatic N) is 2. The summed E-state index contributed by atoms with van der Waals surface area (Å²) in [5.41, 5.74) is 1.01. The summed E-state index contributed by atoms with van der Waals surface area (Å²) in [5, 5.41) is 0. The quantitative estimate of drug-likeness (QED) is 0.853. The number of hydrogen-bond acceptors (Lipinski definition) is 5. The van der Waals surface area contributed by atoms with E-state index in [0.29, 0.717) is 4.73 Å². The number of sulfone groups is 1. The first-order chi connectivity index (χ1) is 7.50. The predicted octanol–water partition coefficient (Wildman–Crippen LogP) is 2.44. The first-order valence-electron chi connectivity index (χ1n) is 4.31. The van der Waals surface area contributed by atoms with Crippen molar-refractivity contribution >= 4 is 37.3 Å². The zero-order valence-corrected chi connectivity index (χ0v) is 11.4. The van der Waals surface area contributed by atoms with E-state index in [9.17, 15) is 8.42 Å². The molecule has 0 aliphatic carbocycles. The van der Waals surface area contributed by atoms with Crippen molar-refractivity contribution in [2.75, 3.05) is 0 Å². The van der Waals surface area contributed by atoms with E-state index in [1.54, 1.807) is 24.3 Å². The van der Waals surface area contributed by atoms with Gasteiger partial charge in [-0.1, -0.05) is 17.7 Å². The summed E-state index contributed by atoms with van der Waals surface area (Å²) >= 11 is 3.89. The first-order valence-corrected chi connectivity index (χ1v) is 7.36. The van der Waals surface area contributed by atoms with Crippen LogP contribution in [0.1, 0.15) is 5.56 Å². The normalized spacial score (nSPS) is 11.6. The lowest BCUT2D eigenvalue weighted by Crippen LogP contribution is -2.01. The van der Waals surface area contributed by atoms with Crippen LogP contribution < -0.4 is 0 Å². The maximum absolute atomic E-state index is 12.0. The van der Waals surface area contributed by atoms with Crippen molar-refractivity contribution in [3.05, 3.63) is 34.6 Å². The summed E-state index contributed by atoms with van der Waals surface area (Å²) in [6, 6.07) is 6.64. The Bertz CT molecular complexity index is 605. The van der Waals surface area contributed by atoms with Gasteiger partial charge >= 0.3 is 0 Å². The van der Waals surface area contributed by atoms with Gasteiger partial charge in [-0.15, -0.1) is 0 Å². The second kappa shape index (κ2) is 4.23. The van der Waals surface area contributed by atoms with Gasteiger partial charge in [0.15, 0.2) is 0 Å². The van der Waals surface area contributed by atoms with E-state index in [1.165, 1.54) is 0 Å². The van der Waals surface area contributed by atoms with E-state index in [-0.39, 0.29) is 9.24 Å². The van der Waals surface area contributed by atoms with Gasteiger partial charge in [-0.25, -0.2) is 8.42 Å². The standard InChI is InChI=1S/C9H7BrN2O2S2/c1-6-2-4-7(5-3-6)16(13,14)9-11-8(10)12-15-9/h2-5H,1H3. The molecular formula is C9H7BrN2O2S2. The van der Waals surface area contributed by atoms with Gasteiger partial charge in [-0.05, 0) is 46.5 Å². The average Bonchev–Trinajstić information content (AvgIpc) is 2.66. The Morgan fingerprint density at radius 1 is 1.25 bits per heavy atom. The first kappa shape index (κ1) is 11.7. The molecule has 1 aromatic heterocycles. The topological polar surface area (TPSA) is 59.9 Å². The summed E-state index contributed by atoms with van der Waals surface area (Å²) in [6.45, 7) is 1.90. The fraction of sp³-hybridized carbons (Fsp3) is 0.111. The van der Waals surface area contributed by atoms with Crippen LogP contribution in [-0.2, 0) is 9.84 Å². The highest BCUT2D eigenvalue weighted by molar-refractivity contribution is 9.10. The third-order valence-corrected chi connectivity index (χ3v) is 5.37. The molecule has 2 rings (SSSR count). The summed E-state index contributed by atoms with van der Waals surface area (Å²) in [6.07, 6.45) is 0. The number of rotatable bonds is 2. The van der Waals surface area contributed by atoms with Gasteiger partial charge in [0.25, 0.3) is 0 Å². The monoisotopic (exact) mass is 318 g/mol. The third kappa shape index (κ3) is 2.16. The lowest BCUT2D eigenvalue weighted by atomic mass is 10.2. The molecular weight excluding hydrogens is 312 g/mol. The lowest BCUT2D eigenvalue weighted by molar-refractivity contribution is 0.595. The fourth-order valence-corrected chi connectivity index (χ4v) is 3.77. The molecule has 0 atom stereocenters. The van der Waals surface area contributed by atoms with Gasteiger partial charge < -0.3 is 0 Å². The van der Waals surface area contributed by atoms with E-state index in [1.807, 2.05) is 6.92 Å². The number of halogens is 1. The Balaban J connectivity index is 2.51. The lowest BCUT2D eigenvalue weighted by Gasteiger charge is -2.00. The molecule has 84 valence electrons. The molecule has 1 aromatic carbocycles. The Kier molecular flexibility index (Phi) is 3.09. The van der Waals surface area contributed by atoms with Crippen molar-refractivity contribution in [2.45, 2.75) is 16.2 Å². The molecule has 0 unspecified atom stereocenters. The molecule has 7 heteroatoms. The smallest absolute Gasteiger partial charge is 0.216 e. The van der Waals surface area contributed by atoms with Gasteiger partial charge in [-0.3, -0.25) is 0 Å². The van der Waals surface area contributed by atoms with E-state index >= 15 is 0 Å². The van der Waals surface area contributed by atoms with Crippen molar-refractivity contribution in [1.29, 1.82) is 0 Å². The van der Waals surface area contributed by atoms with E-state index in [2.05, 4.69) is 25.3 Å². The molecule has 0 saturated heterocycles. The van der Waals surface area contributed by atoms with Gasteiger partial charge in [0.2, 0.25) is 18.9 Å². The molecule has 4 nitrogen and oxygen atoms in total. The SMILES string of the molecule is Cc1ccc(S(=O)(=O)c2nc(Br)ns2)cc1. The molecule has 0 bridgehead atoms. The highest BCUT2D eigenvalue weighted by Gasteiger charge is 2.21. The summed E-state index contributed by atoms with van der Waals surface area (Å²) < 4.78 is 28.2. The number of benzene rings is 1. The summed E-state index contributed by atoms with van der Waals surface area (Å²) in [4.78, 5) is 4.06. The molecule has 16 heavy (non-hydrogen) atoms. The Hall–Kier alpha value is -0.790. The highest BCUT2D eigenvalue weighted by atomic mass is 79.9. The van der Waals surface area contributed by atoms with Gasteiger partial charge in [0, 0.05) is 0 Å². The zero-order valence-electron chi connectivity index (χ0n) is 8.21. The second-order valence-electron chi connectivity index (χ2n) is 3.15. The van der Waals surface area contributed by atoms with E-state index in [4.69, 9.17) is 0 Å². The Morgan fingerprint density at radius 2 is 1.88 bits per heavy atom. The van der Waals surface area contributed by atoms with Crippen LogP contribution in [0.2, 0.25) is 0 Å². The second-order valence-corrected chi connectivity index (χ2v) is 6.73.